The highest BCUT2D eigenvalue weighted by Gasteiger charge is 2.51. The van der Waals surface area contributed by atoms with Crippen molar-refractivity contribution in [1.29, 1.82) is 0 Å². The minimum atomic E-state index is -1.01. The van der Waals surface area contributed by atoms with Gasteiger partial charge in [0.25, 0.3) is 0 Å². The highest BCUT2D eigenvalue weighted by atomic mass is 35.5. The smallest absolute Gasteiger partial charge is 0.411 e. The first-order chi connectivity index (χ1) is 9.27. The summed E-state index contributed by atoms with van der Waals surface area (Å²) >= 11 is 5.56. The molecule has 1 amide bonds. The van der Waals surface area contributed by atoms with Crippen molar-refractivity contribution in [3.8, 4) is 0 Å². The number of esters is 1. The van der Waals surface area contributed by atoms with E-state index in [4.69, 9.17) is 21.1 Å². The number of ether oxygens (including phenoxy) is 2. The van der Waals surface area contributed by atoms with Crippen molar-refractivity contribution in [1.82, 2.24) is 4.90 Å². The third-order valence-corrected chi connectivity index (χ3v) is 3.39. The summed E-state index contributed by atoms with van der Waals surface area (Å²) in [6.07, 6.45) is 2.75. The predicted octanol–water partition coefficient (Wildman–Crippen LogP) is 3.07. The number of carbonyl (C=O) groups is 2. The first-order valence-corrected chi connectivity index (χ1v) is 7.05. The Morgan fingerprint density at radius 1 is 1.40 bits per heavy atom. The number of halogens is 1. The quantitative estimate of drug-likeness (QED) is 0.752. The third-order valence-electron chi connectivity index (χ3n) is 3.21. The molecule has 0 aromatic heterocycles. The van der Waals surface area contributed by atoms with E-state index in [9.17, 15) is 9.59 Å². The molecule has 0 saturated carbocycles. The van der Waals surface area contributed by atoms with Gasteiger partial charge in [-0.15, -0.1) is 0 Å². The van der Waals surface area contributed by atoms with Gasteiger partial charge in [-0.2, -0.15) is 0 Å². The van der Waals surface area contributed by atoms with Crippen LogP contribution in [0.3, 0.4) is 0 Å². The van der Waals surface area contributed by atoms with Crippen molar-refractivity contribution in [3.05, 3.63) is 11.6 Å². The van der Waals surface area contributed by atoms with Crippen molar-refractivity contribution in [2.24, 2.45) is 0 Å². The van der Waals surface area contributed by atoms with Crippen LogP contribution in [0.4, 0.5) is 4.79 Å². The topological polar surface area (TPSA) is 55.8 Å². The molecule has 1 saturated heterocycles. The molecule has 0 aliphatic carbocycles. The van der Waals surface area contributed by atoms with E-state index in [1.807, 2.05) is 0 Å². The molecule has 0 aromatic carbocycles. The van der Waals surface area contributed by atoms with Crippen LogP contribution in [0.2, 0.25) is 0 Å². The molecule has 1 fully saturated rings. The summed E-state index contributed by atoms with van der Waals surface area (Å²) in [7, 11) is 1.32. The Morgan fingerprint density at radius 2 is 2.05 bits per heavy atom. The predicted molar refractivity (Wildman–Crippen MR) is 76.5 cm³/mol. The zero-order valence-corrected chi connectivity index (χ0v) is 13.2. The summed E-state index contributed by atoms with van der Waals surface area (Å²) in [5, 5.41) is 0. The Bertz CT molecular complexity index is 402. The van der Waals surface area contributed by atoms with E-state index in [1.54, 1.807) is 26.8 Å². The molecular formula is C14H22ClNO4. The normalized spacial score (nSPS) is 23.1. The van der Waals surface area contributed by atoms with E-state index < -0.39 is 23.2 Å². The lowest BCUT2D eigenvalue weighted by atomic mass is 9.92. The molecule has 0 aromatic rings. The highest BCUT2D eigenvalue weighted by Crippen LogP contribution is 2.35. The second-order valence-electron chi connectivity index (χ2n) is 5.82. The summed E-state index contributed by atoms with van der Waals surface area (Å²) < 4.78 is 10.3. The molecule has 0 spiro atoms. The molecule has 5 nitrogen and oxygen atoms in total. The molecule has 1 unspecified atom stereocenters. The standard InChI is InChI=1S/C14H22ClNO4/c1-13(2,3)20-12(18)16-10-6-8-14(16,7-5-9-15)11(17)19-4/h5,9H,6-8,10H2,1-4H3/b9-5+. The van der Waals surface area contributed by atoms with Gasteiger partial charge in [0, 0.05) is 18.5 Å². The van der Waals surface area contributed by atoms with Crippen LogP contribution in [0.25, 0.3) is 0 Å². The lowest BCUT2D eigenvalue weighted by Crippen LogP contribution is -2.54. The Balaban J connectivity index is 3.02. The van der Waals surface area contributed by atoms with Crippen LogP contribution in [0.1, 0.15) is 40.0 Å². The molecule has 114 valence electrons. The van der Waals surface area contributed by atoms with Crippen molar-refractivity contribution in [2.45, 2.75) is 51.2 Å². The summed E-state index contributed by atoms with van der Waals surface area (Å²) in [4.78, 5) is 25.9. The van der Waals surface area contributed by atoms with Crippen LogP contribution >= 0.6 is 11.6 Å². The lowest BCUT2D eigenvalue weighted by molar-refractivity contribution is -0.153. The van der Waals surface area contributed by atoms with E-state index >= 15 is 0 Å². The number of rotatable bonds is 3. The average molecular weight is 304 g/mol. The van der Waals surface area contributed by atoms with Gasteiger partial charge in [-0.1, -0.05) is 17.7 Å². The average Bonchev–Trinajstić information content (AvgIpc) is 2.78. The Hall–Kier alpha value is -1.23. The van der Waals surface area contributed by atoms with Gasteiger partial charge in [-0.25, -0.2) is 9.59 Å². The molecule has 1 heterocycles. The summed E-state index contributed by atoms with van der Waals surface area (Å²) in [6.45, 7) is 5.85. The Kier molecular flexibility index (Phi) is 5.45. The number of nitrogens with zero attached hydrogens (tertiary/aromatic N) is 1. The Morgan fingerprint density at radius 3 is 2.55 bits per heavy atom. The molecule has 1 aliphatic heterocycles. The fourth-order valence-electron chi connectivity index (χ4n) is 2.40. The van der Waals surface area contributed by atoms with E-state index in [-0.39, 0.29) is 0 Å². The lowest BCUT2D eigenvalue weighted by Gasteiger charge is -2.36. The summed E-state index contributed by atoms with van der Waals surface area (Å²) in [5.41, 5.74) is -0.275. The number of likely N-dealkylation sites (tertiary alicyclic amines) is 1. The van der Waals surface area contributed by atoms with Gasteiger partial charge < -0.3 is 9.47 Å². The van der Waals surface area contributed by atoms with Gasteiger partial charge in [0.15, 0.2) is 0 Å². The molecular weight excluding hydrogens is 282 g/mol. The molecule has 0 N–H and O–H groups in total. The van der Waals surface area contributed by atoms with E-state index in [0.29, 0.717) is 19.4 Å². The van der Waals surface area contributed by atoms with E-state index in [2.05, 4.69) is 0 Å². The second-order valence-corrected chi connectivity index (χ2v) is 6.08. The van der Waals surface area contributed by atoms with Crippen LogP contribution in [-0.4, -0.2) is 41.8 Å². The number of amides is 1. The minimum absolute atomic E-state index is 0.322. The zero-order chi connectivity index (χ0) is 15.4. The van der Waals surface area contributed by atoms with Crippen LogP contribution in [-0.2, 0) is 14.3 Å². The van der Waals surface area contributed by atoms with Crippen molar-refractivity contribution >= 4 is 23.7 Å². The maximum Gasteiger partial charge on any atom is 0.411 e. The van der Waals surface area contributed by atoms with Gasteiger partial charge in [0.1, 0.15) is 11.1 Å². The SMILES string of the molecule is COC(=O)C1(C/C=C/Cl)CCCN1C(=O)OC(C)(C)C. The maximum absolute atomic E-state index is 12.3. The highest BCUT2D eigenvalue weighted by molar-refractivity contribution is 6.25. The minimum Gasteiger partial charge on any atom is -0.467 e. The number of carbonyl (C=O) groups excluding carboxylic acids is 2. The van der Waals surface area contributed by atoms with E-state index in [0.717, 1.165) is 6.42 Å². The largest absolute Gasteiger partial charge is 0.467 e. The van der Waals surface area contributed by atoms with Gasteiger partial charge in [-0.3, -0.25) is 4.90 Å². The molecule has 1 rings (SSSR count). The summed E-state index contributed by atoms with van der Waals surface area (Å²) in [6, 6.07) is 0. The van der Waals surface area contributed by atoms with Crippen LogP contribution in [0, 0.1) is 0 Å². The van der Waals surface area contributed by atoms with Crippen molar-refractivity contribution in [3.63, 3.8) is 0 Å². The van der Waals surface area contributed by atoms with Gasteiger partial charge in [0.2, 0.25) is 0 Å². The number of hydrogen-bond acceptors (Lipinski definition) is 4. The molecule has 1 atom stereocenters. The van der Waals surface area contributed by atoms with Crippen molar-refractivity contribution < 1.29 is 19.1 Å². The first kappa shape index (κ1) is 16.8. The van der Waals surface area contributed by atoms with Crippen LogP contribution in [0.15, 0.2) is 11.6 Å². The van der Waals surface area contributed by atoms with Gasteiger partial charge in [0.05, 0.1) is 7.11 Å². The zero-order valence-electron chi connectivity index (χ0n) is 12.4. The monoisotopic (exact) mass is 303 g/mol. The summed E-state index contributed by atoms with van der Waals surface area (Å²) in [5.74, 6) is -0.435. The van der Waals surface area contributed by atoms with Crippen LogP contribution in [0.5, 0.6) is 0 Å². The Labute approximate surface area is 124 Å². The molecule has 1 aliphatic rings. The molecule has 0 radical (unpaired) electrons. The molecule has 6 heteroatoms. The first-order valence-electron chi connectivity index (χ1n) is 6.61. The maximum atomic E-state index is 12.3. The fraction of sp³-hybridized carbons (Fsp3) is 0.714. The number of hydrogen-bond donors (Lipinski definition) is 0. The number of methoxy groups -OCH3 is 1. The second kappa shape index (κ2) is 6.48. The van der Waals surface area contributed by atoms with E-state index in [1.165, 1.54) is 17.5 Å². The van der Waals surface area contributed by atoms with Crippen molar-refractivity contribution in [2.75, 3.05) is 13.7 Å². The fourth-order valence-corrected chi connectivity index (χ4v) is 2.49. The van der Waals surface area contributed by atoms with Gasteiger partial charge >= 0.3 is 12.1 Å². The molecule has 20 heavy (non-hydrogen) atoms. The third kappa shape index (κ3) is 3.66. The van der Waals surface area contributed by atoms with Gasteiger partial charge in [-0.05, 0) is 33.6 Å². The molecule has 0 bridgehead atoms. The van der Waals surface area contributed by atoms with Crippen LogP contribution < -0.4 is 0 Å².